The molecule has 1 atom stereocenters. The molecule has 17 heavy (non-hydrogen) atoms. The number of aryl methyl sites for hydroxylation is 2. The average molecular weight is 259 g/mol. The quantitative estimate of drug-likeness (QED) is 0.882. The van der Waals surface area contributed by atoms with Crippen LogP contribution in [0.3, 0.4) is 0 Å². The average Bonchev–Trinajstić information content (AvgIpc) is 2.55. The summed E-state index contributed by atoms with van der Waals surface area (Å²) >= 11 is 6.33. The van der Waals surface area contributed by atoms with Crippen LogP contribution in [-0.4, -0.2) is 21.5 Å². The summed E-state index contributed by atoms with van der Waals surface area (Å²) in [5.41, 5.74) is 1.81. The molecule has 0 aliphatic carbocycles. The third-order valence-electron chi connectivity index (χ3n) is 3.83. The highest BCUT2D eigenvalue weighted by Gasteiger charge is 2.30. The molecule has 0 aliphatic rings. The molecule has 0 saturated heterocycles. The monoisotopic (exact) mass is 258 g/mol. The second-order valence-electron chi connectivity index (χ2n) is 5.33. The summed E-state index contributed by atoms with van der Waals surface area (Å²) < 4.78 is 1.84. The highest BCUT2D eigenvalue weighted by Crippen LogP contribution is 2.34. The Bertz CT molecular complexity index is 387. The molecule has 1 aromatic rings. The summed E-state index contributed by atoms with van der Waals surface area (Å²) in [6, 6.07) is 0. The molecule has 3 nitrogen and oxygen atoms in total. The van der Waals surface area contributed by atoms with Crippen molar-refractivity contribution in [3.8, 4) is 0 Å². The lowest BCUT2D eigenvalue weighted by Crippen LogP contribution is -2.31. The molecule has 1 aromatic heterocycles. The minimum Gasteiger partial charge on any atom is -0.396 e. The van der Waals surface area contributed by atoms with Crippen LogP contribution in [-0.2, 0) is 19.9 Å². The maximum absolute atomic E-state index is 9.59. The Morgan fingerprint density at radius 3 is 2.41 bits per heavy atom. The van der Waals surface area contributed by atoms with Crippen molar-refractivity contribution in [2.45, 2.75) is 40.5 Å². The van der Waals surface area contributed by atoms with Gasteiger partial charge in [0.2, 0.25) is 0 Å². The predicted octanol–water partition coefficient (Wildman–Crippen LogP) is 2.83. The van der Waals surface area contributed by atoms with Crippen LogP contribution in [0.1, 0.15) is 39.1 Å². The molecule has 0 spiro atoms. The van der Waals surface area contributed by atoms with Crippen LogP contribution < -0.4 is 0 Å². The zero-order chi connectivity index (χ0) is 13.2. The summed E-state index contributed by atoms with van der Waals surface area (Å²) in [5.74, 6) is 0.392. The van der Waals surface area contributed by atoms with Gasteiger partial charge in [-0.25, -0.2) is 0 Å². The van der Waals surface area contributed by atoms with Crippen LogP contribution in [0.4, 0.5) is 0 Å². The van der Waals surface area contributed by atoms with Crippen molar-refractivity contribution in [2.75, 3.05) is 6.61 Å². The number of rotatable bonds is 5. The van der Waals surface area contributed by atoms with Gasteiger partial charge in [0, 0.05) is 13.7 Å². The van der Waals surface area contributed by atoms with Crippen molar-refractivity contribution >= 4 is 11.6 Å². The number of hydrogen-bond donors (Lipinski definition) is 1. The summed E-state index contributed by atoms with van der Waals surface area (Å²) in [4.78, 5) is 0. The van der Waals surface area contributed by atoms with E-state index in [2.05, 4.69) is 25.9 Å². The van der Waals surface area contributed by atoms with E-state index in [0.717, 1.165) is 29.3 Å². The Morgan fingerprint density at radius 1 is 1.47 bits per heavy atom. The Hall–Kier alpha value is -0.540. The molecule has 1 heterocycles. The number of aliphatic hydroxyl groups is 1. The van der Waals surface area contributed by atoms with Crippen LogP contribution in [0, 0.1) is 11.3 Å². The van der Waals surface area contributed by atoms with E-state index in [4.69, 9.17) is 11.6 Å². The third-order valence-corrected chi connectivity index (χ3v) is 4.27. The molecular weight excluding hydrogens is 236 g/mol. The van der Waals surface area contributed by atoms with Gasteiger partial charge in [0.05, 0.1) is 16.4 Å². The smallest absolute Gasteiger partial charge is 0.0849 e. The van der Waals surface area contributed by atoms with E-state index >= 15 is 0 Å². The number of aliphatic hydroxyl groups excluding tert-OH is 1. The van der Waals surface area contributed by atoms with Crippen LogP contribution in [0.2, 0.25) is 5.02 Å². The van der Waals surface area contributed by atoms with Crippen LogP contribution in [0.15, 0.2) is 0 Å². The van der Waals surface area contributed by atoms with E-state index in [1.165, 1.54) is 0 Å². The zero-order valence-electron chi connectivity index (χ0n) is 11.4. The van der Waals surface area contributed by atoms with Crippen molar-refractivity contribution in [1.82, 2.24) is 9.78 Å². The lowest BCUT2D eigenvalue weighted by atomic mass is 9.76. The fraction of sp³-hybridized carbons (Fsp3) is 0.769. The first-order chi connectivity index (χ1) is 7.85. The fourth-order valence-corrected chi connectivity index (χ4v) is 2.20. The van der Waals surface area contributed by atoms with Gasteiger partial charge in [0.25, 0.3) is 0 Å². The number of aromatic nitrogens is 2. The molecule has 0 aromatic carbocycles. The molecule has 1 unspecified atom stereocenters. The van der Waals surface area contributed by atoms with Crippen LogP contribution >= 0.6 is 11.6 Å². The Balaban J connectivity index is 3.06. The minimum atomic E-state index is -0.150. The van der Waals surface area contributed by atoms with E-state index < -0.39 is 0 Å². The highest BCUT2D eigenvalue weighted by molar-refractivity contribution is 6.31. The van der Waals surface area contributed by atoms with Crippen molar-refractivity contribution in [1.29, 1.82) is 0 Å². The lowest BCUT2D eigenvalue weighted by molar-refractivity contribution is 0.0928. The first-order valence-electron chi connectivity index (χ1n) is 6.16. The molecule has 98 valence electrons. The molecule has 1 rings (SSSR count). The van der Waals surface area contributed by atoms with Gasteiger partial charge < -0.3 is 5.11 Å². The Morgan fingerprint density at radius 2 is 2.06 bits per heavy atom. The molecule has 0 radical (unpaired) electrons. The molecule has 1 N–H and O–H groups in total. The first kappa shape index (κ1) is 14.5. The van der Waals surface area contributed by atoms with Gasteiger partial charge in [-0.3, -0.25) is 4.68 Å². The van der Waals surface area contributed by atoms with Gasteiger partial charge in [-0.2, -0.15) is 5.10 Å². The molecule has 0 bridgehead atoms. The van der Waals surface area contributed by atoms with Crippen LogP contribution in [0.5, 0.6) is 0 Å². The minimum absolute atomic E-state index is 0.150. The van der Waals surface area contributed by atoms with Crippen molar-refractivity contribution < 1.29 is 5.11 Å². The molecule has 0 fully saturated rings. The van der Waals surface area contributed by atoms with Gasteiger partial charge in [-0.15, -0.1) is 0 Å². The predicted molar refractivity (Wildman–Crippen MR) is 71.3 cm³/mol. The maximum atomic E-state index is 9.59. The van der Waals surface area contributed by atoms with Gasteiger partial charge in [-0.05, 0) is 24.2 Å². The number of nitrogens with zero attached hydrogens (tertiary/aromatic N) is 2. The first-order valence-corrected chi connectivity index (χ1v) is 6.54. The van der Waals surface area contributed by atoms with Crippen molar-refractivity contribution in [2.24, 2.45) is 18.4 Å². The molecule has 0 saturated carbocycles. The summed E-state index contributed by atoms with van der Waals surface area (Å²) in [7, 11) is 1.92. The summed E-state index contributed by atoms with van der Waals surface area (Å²) in [5, 5.41) is 14.8. The van der Waals surface area contributed by atoms with Gasteiger partial charge in [-0.1, -0.05) is 39.3 Å². The fourth-order valence-electron chi connectivity index (χ4n) is 1.84. The number of halogens is 1. The standard InChI is InChI=1S/C13H23ClN2O/c1-6-10-12(14)11(16(5)15-10)7-13(4,8-17)9(2)3/h9,17H,6-8H2,1-5H3. The second-order valence-corrected chi connectivity index (χ2v) is 5.71. The topological polar surface area (TPSA) is 38.0 Å². The second kappa shape index (κ2) is 5.40. The van der Waals surface area contributed by atoms with E-state index in [0.29, 0.717) is 5.92 Å². The maximum Gasteiger partial charge on any atom is 0.0849 e. The van der Waals surface area contributed by atoms with E-state index in [-0.39, 0.29) is 12.0 Å². The van der Waals surface area contributed by atoms with E-state index in [1.807, 2.05) is 18.7 Å². The number of hydrogen-bond acceptors (Lipinski definition) is 2. The van der Waals surface area contributed by atoms with E-state index in [1.54, 1.807) is 0 Å². The van der Waals surface area contributed by atoms with Gasteiger partial charge in [0.15, 0.2) is 0 Å². The summed E-state index contributed by atoms with van der Waals surface area (Å²) in [6.07, 6.45) is 1.59. The van der Waals surface area contributed by atoms with Crippen molar-refractivity contribution in [3.63, 3.8) is 0 Å². The van der Waals surface area contributed by atoms with Gasteiger partial charge >= 0.3 is 0 Å². The molecule has 0 amide bonds. The highest BCUT2D eigenvalue weighted by atomic mass is 35.5. The van der Waals surface area contributed by atoms with Gasteiger partial charge in [0.1, 0.15) is 0 Å². The lowest BCUT2D eigenvalue weighted by Gasteiger charge is -2.31. The SMILES string of the molecule is CCc1nn(C)c(CC(C)(CO)C(C)C)c1Cl. The Kier molecular flexibility index (Phi) is 4.62. The normalized spacial score (nSPS) is 15.3. The van der Waals surface area contributed by atoms with Crippen molar-refractivity contribution in [3.05, 3.63) is 16.4 Å². The molecular formula is C13H23ClN2O. The van der Waals surface area contributed by atoms with Crippen LogP contribution in [0.25, 0.3) is 0 Å². The van der Waals surface area contributed by atoms with E-state index in [9.17, 15) is 5.11 Å². The molecule has 4 heteroatoms. The molecule has 0 aliphatic heterocycles. The Labute approximate surface area is 109 Å². The largest absolute Gasteiger partial charge is 0.396 e. The zero-order valence-corrected chi connectivity index (χ0v) is 12.2. The third kappa shape index (κ3) is 2.83. The summed E-state index contributed by atoms with van der Waals surface area (Å²) in [6.45, 7) is 8.55.